The van der Waals surface area contributed by atoms with Crippen LogP contribution in [0.15, 0.2) is 66.7 Å². The molecule has 11 heteroatoms. The first-order chi connectivity index (χ1) is 19.0. The van der Waals surface area contributed by atoms with Crippen LogP contribution in [0.2, 0.25) is 10.0 Å². The first-order valence-electron chi connectivity index (χ1n) is 12.3. The zero-order valence-corrected chi connectivity index (χ0v) is 23.6. The van der Waals surface area contributed by atoms with Gasteiger partial charge in [0, 0.05) is 0 Å². The van der Waals surface area contributed by atoms with E-state index in [1.807, 2.05) is 0 Å². The second-order valence-corrected chi connectivity index (χ2v) is 12.1. The SMILES string of the molecule is NC(=O)C[C@H](C(=O)OCc1ccc(Cl)c(Cl)c1)N1C(=O)[C@@H]2[C@@H](C1=O)C1(Cl)c3ccccc3C2(Cl)c2ccccc21. The number of carbonyl (C=O) groups is 4. The third-order valence-corrected chi connectivity index (χ3v) is 9.99. The lowest BCUT2D eigenvalue weighted by atomic mass is 9.54. The number of alkyl halides is 2. The molecule has 1 aliphatic heterocycles. The molecule has 40 heavy (non-hydrogen) atoms. The van der Waals surface area contributed by atoms with Gasteiger partial charge in [-0.2, -0.15) is 0 Å². The van der Waals surface area contributed by atoms with Gasteiger partial charge >= 0.3 is 5.97 Å². The Hall–Kier alpha value is -3.10. The first kappa shape index (κ1) is 27.1. The summed E-state index contributed by atoms with van der Waals surface area (Å²) in [5, 5.41) is 0.577. The van der Waals surface area contributed by atoms with E-state index in [9.17, 15) is 19.2 Å². The van der Waals surface area contributed by atoms with Gasteiger partial charge in [0.25, 0.3) is 0 Å². The van der Waals surface area contributed by atoms with Crippen molar-refractivity contribution in [1.29, 1.82) is 0 Å². The fourth-order valence-corrected chi connectivity index (χ4v) is 7.77. The smallest absolute Gasteiger partial charge is 0.330 e. The zero-order valence-electron chi connectivity index (χ0n) is 20.6. The minimum atomic E-state index is -1.61. The average molecular weight is 618 g/mol. The number of halogens is 4. The highest BCUT2D eigenvalue weighted by Crippen LogP contribution is 2.69. The van der Waals surface area contributed by atoms with E-state index in [4.69, 9.17) is 56.9 Å². The van der Waals surface area contributed by atoms with Crippen LogP contribution >= 0.6 is 46.4 Å². The van der Waals surface area contributed by atoms with Gasteiger partial charge in [-0.05, 0) is 39.9 Å². The molecular formula is C29H20Cl4N2O5. The number of likely N-dealkylation sites (tertiary alicyclic amines) is 1. The van der Waals surface area contributed by atoms with Gasteiger partial charge in [0.15, 0.2) is 0 Å². The number of carbonyl (C=O) groups excluding carboxylic acids is 4. The predicted molar refractivity (Wildman–Crippen MR) is 149 cm³/mol. The Labute approximate surface area is 249 Å². The number of nitrogens with two attached hydrogens (primary N) is 1. The normalized spacial score (nSPS) is 26.6. The summed E-state index contributed by atoms with van der Waals surface area (Å²) in [6.07, 6.45) is -0.637. The van der Waals surface area contributed by atoms with Crippen LogP contribution in [0.4, 0.5) is 0 Å². The molecule has 0 aromatic heterocycles. The maximum absolute atomic E-state index is 14.2. The van der Waals surface area contributed by atoms with Crippen LogP contribution < -0.4 is 5.73 Å². The number of imide groups is 1. The highest BCUT2D eigenvalue weighted by molar-refractivity contribution is 6.42. The van der Waals surface area contributed by atoms with E-state index in [0.29, 0.717) is 32.8 Å². The van der Waals surface area contributed by atoms with Crippen LogP contribution in [0.5, 0.6) is 0 Å². The molecule has 3 aromatic rings. The molecule has 1 fully saturated rings. The van der Waals surface area contributed by atoms with Gasteiger partial charge in [-0.15, -0.1) is 23.2 Å². The highest BCUT2D eigenvalue weighted by atomic mass is 35.5. The molecular weight excluding hydrogens is 598 g/mol. The number of esters is 1. The van der Waals surface area contributed by atoms with Crippen molar-refractivity contribution in [1.82, 2.24) is 4.90 Å². The van der Waals surface area contributed by atoms with Crippen LogP contribution in [0.1, 0.15) is 34.2 Å². The molecule has 204 valence electrons. The molecule has 2 N–H and O–H groups in total. The minimum Gasteiger partial charge on any atom is -0.459 e. The maximum Gasteiger partial charge on any atom is 0.330 e. The fourth-order valence-electron chi connectivity index (χ4n) is 6.35. The molecule has 2 bridgehead atoms. The number of hydrogen-bond acceptors (Lipinski definition) is 5. The summed E-state index contributed by atoms with van der Waals surface area (Å²) in [4.78, 5) is 51.6. The predicted octanol–water partition coefficient (Wildman–Crippen LogP) is 4.87. The van der Waals surface area contributed by atoms with E-state index in [0.717, 1.165) is 4.90 Å². The molecule has 0 unspecified atom stereocenters. The van der Waals surface area contributed by atoms with Gasteiger partial charge in [-0.25, -0.2) is 4.79 Å². The molecule has 4 aliphatic rings. The Morgan fingerprint density at radius 3 is 1.73 bits per heavy atom. The quantitative estimate of drug-likeness (QED) is 0.241. The third-order valence-electron chi connectivity index (χ3n) is 7.96. The van der Waals surface area contributed by atoms with E-state index in [1.54, 1.807) is 54.6 Å². The van der Waals surface area contributed by atoms with Crippen molar-refractivity contribution >= 4 is 70.1 Å². The van der Waals surface area contributed by atoms with Gasteiger partial charge in [-0.3, -0.25) is 19.3 Å². The van der Waals surface area contributed by atoms with Gasteiger partial charge in [-0.1, -0.05) is 77.8 Å². The van der Waals surface area contributed by atoms with Crippen molar-refractivity contribution in [3.8, 4) is 0 Å². The number of hydrogen-bond donors (Lipinski definition) is 1. The lowest BCUT2D eigenvalue weighted by molar-refractivity contribution is -0.160. The number of primary amides is 1. The number of ether oxygens (including phenoxy) is 1. The highest BCUT2D eigenvalue weighted by Gasteiger charge is 2.73. The standard InChI is InChI=1S/C29H20Cl4N2O5/c30-19-10-9-14(11-20(19)31)13-40-27(39)21(12-22(34)36)35-25(37)23-24(26(35)38)29(33)16-6-2-1-5-15(16)28(23,32)17-7-3-4-8-18(17)29/h1-11,21,23-24H,12-13H2,(H2,34,36)/t21-,23+,24+,28?,29?/m1/s1. The Bertz CT molecular complexity index is 1500. The van der Waals surface area contributed by atoms with Crippen LogP contribution in [0.25, 0.3) is 0 Å². The zero-order chi connectivity index (χ0) is 28.6. The van der Waals surface area contributed by atoms with Crippen molar-refractivity contribution in [2.45, 2.75) is 28.8 Å². The van der Waals surface area contributed by atoms with Crippen molar-refractivity contribution in [2.24, 2.45) is 17.6 Å². The molecule has 0 saturated carbocycles. The summed E-state index contributed by atoms with van der Waals surface area (Å²) < 4.78 is 5.43. The van der Waals surface area contributed by atoms with Crippen molar-refractivity contribution in [3.05, 3.63) is 105 Å². The average Bonchev–Trinajstić information content (AvgIpc) is 3.21. The molecule has 3 amide bonds. The molecule has 7 rings (SSSR count). The van der Waals surface area contributed by atoms with Gasteiger partial charge in [0.05, 0.1) is 28.3 Å². The van der Waals surface area contributed by atoms with E-state index < -0.39 is 57.7 Å². The second-order valence-electron chi connectivity index (χ2n) is 10.1. The summed E-state index contributed by atoms with van der Waals surface area (Å²) in [6, 6.07) is 17.4. The fraction of sp³-hybridized carbons (Fsp3) is 0.241. The van der Waals surface area contributed by atoms with Crippen molar-refractivity contribution < 1.29 is 23.9 Å². The largest absolute Gasteiger partial charge is 0.459 e. The molecule has 7 nitrogen and oxygen atoms in total. The van der Waals surface area contributed by atoms with Crippen LogP contribution in [-0.4, -0.2) is 34.6 Å². The van der Waals surface area contributed by atoms with E-state index in [1.165, 1.54) is 12.1 Å². The number of nitrogens with zero attached hydrogens (tertiary/aromatic N) is 1. The van der Waals surface area contributed by atoms with Crippen LogP contribution in [-0.2, 0) is 40.3 Å². The molecule has 1 saturated heterocycles. The maximum atomic E-state index is 14.2. The Morgan fingerprint density at radius 2 is 1.30 bits per heavy atom. The van der Waals surface area contributed by atoms with Gasteiger partial charge in [0.1, 0.15) is 22.4 Å². The molecule has 0 spiro atoms. The van der Waals surface area contributed by atoms with Crippen molar-refractivity contribution in [2.75, 3.05) is 0 Å². The number of benzene rings is 3. The summed E-state index contributed by atoms with van der Waals surface area (Å²) in [6.45, 7) is -0.246. The third kappa shape index (κ3) is 3.64. The molecule has 0 radical (unpaired) electrons. The lowest BCUT2D eigenvalue weighted by Crippen LogP contribution is -2.57. The molecule has 3 aliphatic carbocycles. The summed E-state index contributed by atoms with van der Waals surface area (Å²) in [5.41, 5.74) is 8.42. The van der Waals surface area contributed by atoms with Crippen molar-refractivity contribution in [3.63, 3.8) is 0 Å². The van der Waals surface area contributed by atoms with Gasteiger partial charge < -0.3 is 10.5 Å². The van der Waals surface area contributed by atoms with Crippen LogP contribution in [0.3, 0.4) is 0 Å². The molecule has 3 aromatic carbocycles. The summed E-state index contributed by atoms with van der Waals surface area (Å²) in [7, 11) is 0. The monoisotopic (exact) mass is 616 g/mol. The topological polar surface area (TPSA) is 107 Å². The molecule has 3 atom stereocenters. The molecule has 1 heterocycles. The van der Waals surface area contributed by atoms with Crippen LogP contribution in [0, 0.1) is 11.8 Å². The first-order valence-corrected chi connectivity index (χ1v) is 13.9. The Morgan fingerprint density at radius 1 is 0.825 bits per heavy atom. The number of rotatable bonds is 6. The Kier molecular flexibility index (Phi) is 6.42. The van der Waals surface area contributed by atoms with E-state index >= 15 is 0 Å². The minimum absolute atomic E-state index is 0.246. The Balaban J connectivity index is 1.41. The summed E-state index contributed by atoms with van der Waals surface area (Å²) in [5.74, 6) is -5.61. The summed E-state index contributed by atoms with van der Waals surface area (Å²) >= 11 is 26.8. The van der Waals surface area contributed by atoms with E-state index in [2.05, 4.69) is 0 Å². The lowest BCUT2D eigenvalue weighted by Gasteiger charge is -2.54. The van der Waals surface area contributed by atoms with Gasteiger partial charge in [0.2, 0.25) is 17.7 Å². The second kappa shape index (κ2) is 9.48. The number of amides is 3. The van der Waals surface area contributed by atoms with E-state index in [-0.39, 0.29) is 11.6 Å².